The van der Waals surface area contributed by atoms with Crippen LogP contribution in [0.25, 0.3) is 11.4 Å². The molecule has 1 aliphatic heterocycles. The monoisotopic (exact) mass is 343 g/mol. The van der Waals surface area contributed by atoms with Gasteiger partial charge in [0, 0.05) is 25.1 Å². The molecule has 2 amide bonds. The number of rotatable bonds is 7. The molecule has 1 saturated heterocycles. The Kier molecular flexibility index (Phi) is 5.08. The van der Waals surface area contributed by atoms with Crippen molar-refractivity contribution in [3.05, 3.63) is 36.2 Å². The number of aromatic nitrogens is 2. The van der Waals surface area contributed by atoms with E-state index in [1.54, 1.807) is 0 Å². The quantitative estimate of drug-likeness (QED) is 0.738. The maximum absolute atomic E-state index is 11.4. The number of nitrogens with zero attached hydrogens (tertiary/aromatic N) is 3. The van der Waals surface area contributed by atoms with Gasteiger partial charge < -0.3 is 20.9 Å². The highest BCUT2D eigenvalue weighted by atomic mass is 16.5. The van der Waals surface area contributed by atoms with Crippen LogP contribution >= 0.6 is 0 Å². The molecule has 1 aromatic heterocycles. The average molecular weight is 343 g/mol. The molecule has 4 N–H and O–H groups in total. The summed E-state index contributed by atoms with van der Waals surface area (Å²) in [7, 11) is 0. The zero-order valence-corrected chi connectivity index (χ0v) is 13.8. The van der Waals surface area contributed by atoms with Gasteiger partial charge in [0.05, 0.1) is 11.8 Å². The first-order valence-corrected chi connectivity index (χ1v) is 8.23. The van der Waals surface area contributed by atoms with E-state index in [4.69, 9.17) is 16.0 Å². The normalized spacial score (nSPS) is 20.6. The first-order chi connectivity index (χ1) is 12.0. The molecule has 1 aromatic carbocycles. The van der Waals surface area contributed by atoms with Gasteiger partial charge in [0.25, 0.3) is 0 Å². The number of carbonyl (C=O) groups is 2. The minimum absolute atomic E-state index is 0.460. The van der Waals surface area contributed by atoms with Crippen molar-refractivity contribution in [2.45, 2.75) is 12.8 Å². The second kappa shape index (κ2) is 7.43. The molecule has 8 nitrogen and oxygen atoms in total. The van der Waals surface area contributed by atoms with Crippen LogP contribution in [0.2, 0.25) is 0 Å². The number of primary amides is 2. The van der Waals surface area contributed by atoms with Crippen molar-refractivity contribution in [2.75, 3.05) is 19.6 Å². The van der Waals surface area contributed by atoms with Crippen molar-refractivity contribution in [3.63, 3.8) is 0 Å². The number of carbonyl (C=O) groups excluding carboxylic acids is 2. The molecule has 1 fully saturated rings. The smallest absolute Gasteiger partial charge is 0.227 e. The number of nitrogens with two attached hydrogens (primary N) is 2. The lowest BCUT2D eigenvalue weighted by Gasteiger charge is -2.13. The molecule has 1 aliphatic rings. The molecule has 2 unspecified atom stereocenters. The van der Waals surface area contributed by atoms with Gasteiger partial charge in [0.1, 0.15) is 0 Å². The molecule has 0 aliphatic carbocycles. The van der Waals surface area contributed by atoms with Gasteiger partial charge in [-0.3, -0.25) is 9.59 Å². The topological polar surface area (TPSA) is 128 Å². The van der Waals surface area contributed by atoms with Crippen LogP contribution in [0.4, 0.5) is 0 Å². The van der Waals surface area contributed by atoms with Gasteiger partial charge in [-0.05, 0) is 13.0 Å². The Morgan fingerprint density at radius 3 is 2.36 bits per heavy atom. The van der Waals surface area contributed by atoms with Crippen LogP contribution < -0.4 is 11.5 Å². The lowest BCUT2D eigenvalue weighted by Crippen LogP contribution is -2.36. The van der Waals surface area contributed by atoms with Crippen molar-refractivity contribution < 1.29 is 14.1 Å². The van der Waals surface area contributed by atoms with E-state index in [1.807, 2.05) is 35.2 Å². The van der Waals surface area contributed by atoms with Gasteiger partial charge in [-0.25, -0.2) is 0 Å². The van der Waals surface area contributed by atoms with Crippen LogP contribution in [-0.2, 0) is 16.0 Å². The zero-order chi connectivity index (χ0) is 17.8. The van der Waals surface area contributed by atoms with E-state index >= 15 is 0 Å². The van der Waals surface area contributed by atoms with E-state index in [2.05, 4.69) is 10.1 Å². The summed E-state index contributed by atoms with van der Waals surface area (Å²) < 4.78 is 5.27. The largest absolute Gasteiger partial charge is 0.369 e. The molecule has 0 saturated carbocycles. The Bertz CT molecular complexity index is 724. The van der Waals surface area contributed by atoms with E-state index in [0.29, 0.717) is 37.8 Å². The van der Waals surface area contributed by atoms with Crippen LogP contribution in [-0.4, -0.2) is 46.5 Å². The third-order valence-corrected chi connectivity index (χ3v) is 4.49. The van der Waals surface area contributed by atoms with E-state index in [1.165, 1.54) is 0 Å². The summed E-state index contributed by atoms with van der Waals surface area (Å²) in [6.07, 6.45) is 1.40. The minimum Gasteiger partial charge on any atom is -0.369 e. The molecule has 2 atom stereocenters. The van der Waals surface area contributed by atoms with Crippen molar-refractivity contribution in [1.82, 2.24) is 15.0 Å². The van der Waals surface area contributed by atoms with Gasteiger partial charge in [0.15, 0.2) is 0 Å². The Morgan fingerprint density at radius 1 is 1.12 bits per heavy atom. The average Bonchev–Trinajstić information content (AvgIpc) is 3.23. The molecular formula is C17H21N5O3. The second-order valence-corrected chi connectivity index (χ2v) is 6.26. The summed E-state index contributed by atoms with van der Waals surface area (Å²) in [4.78, 5) is 29.3. The van der Waals surface area contributed by atoms with E-state index in [0.717, 1.165) is 12.0 Å². The summed E-state index contributed by atoms with van der Waals surface area (Å²) >= 11 is 0. The predicted octanol–water partition coefficient (Wildman–Crippen LogP) is 0.188. The highest BCUT2D eigenvalue weighted by Crippen LogP contribution is 2.23. The van der Waals surface area contributed by atoms with Crippen molar-refractivity contribution in [2.24, 2.45) is 23.3 Å². The van der Waals surface area contributed by atoms with Crippen molar-refractivity contribution in [1.29, 1.82) is 0 Å². The molecule has 2 heterocycles. The van der Waals surface area contributed by atoms with E-state index < -0.39 is 23.7 Å². The predicted molar refractivity (Wildman–Crippen MR) is 89.9 cm³/mol. The Labute approximate surface area is 145 Å². The molecular weight excluding hydrogens is 322 g/mol. The molecule has 2 aromatic rings. The van der Waals surface area contributed by atoms with Crippen LogP contribution in [0.5, 0.6) is 0 Å². The highest BCUT2D eigenvalue weighted by Gasteiger charge is 2.39. The molecule has 0 bridgehead atoms. The lowest BCUT2D eigenvalue weighted by molar-refractivity contribution is -0.129. The number of benzene rings is 1. The number of aryl methyl sites for hydroxylation is 1. The fourth-order valence-electron chi connectivity index (χ4n) is 3.16. The van der Waals surface area contributed by atoms with Gasteiger partial charge in [-0.1, -0.05) is 35.5 Å². The fraction of sp³-hybridized carbons (Fsp3) is 0.412. The fourth-order valence-corrected chi connectivity index (χ4v) is 3.16. The standard InChI is InChI=1S/C17H21N5O3/c18-15(23)12-9-22(10-13(12)16(19)24)8-4-7-14-20-17(21-25-14)11-5-2-1-3-6-11/h1-3,5-6,12-13H,4,7-10H2,(H2,18,23)(H2,19,24). The summed E-state index contributed by atoms with van der Waals surface area (Å²) in [6, 6.07) is 9.62. The van der Waals surface area contributed by atoms with Crippen molar-refractivity contribution in [3.8, 4) is 11.4 Å². The van der Waals surface area contributed by atoms with Gasteiger partial charge in [-0.15, -0.1) is 0 Å². The third-order valence-electron chi connectivity index (χ3n) is 4.49. The van der Waals surface area contributed by atoms with Gasteiger partial charge >= 0.3 is 0 Å². The lowest BCUT2D eigenvalue weighted by atomic mass is 9.95. The maximum Gasteiger partial charge on any atom is 0.227 e. The Balaban J connectivity index is 1.51. The number of hydrogen-bond donors (Lipinski definition) is 2. The van der Waals surface area contributed by atoms with Gasteiger partial charge in [-0.2, -0.15) is 4.98 Å². The van der Waals surface area contributed by atoms with E-state index in [9.17, 15) is 9.59 Å². The molecule has 8 heteroatoms. The molecule has 0 spiro atoms. The molecule has 0 radical (unpaired) electrons. The summed E-state index contributed by atoms with van der Waals surface area (Å²) in [5, 5.41) is 3.99. The van der Waals surface area contributed by atoms with E-state index in [-0.39, 0.29) is 0 Å². The molecule has 25 heavy (non-hydrogen) atoms. The van der Waals surface area contributed by atoms with Crippen LogP contribution in [0.15, 0.2) is 34.9 Å². The zero-order valence-electron chi connectivity index (χ0n) is 13.8. The Hall–Kier alpha value is -2.74. The molecule has 3 rings (SSSR count). The molecule has 132 valence electrons. The summed E-state index contributed by atoms with van der Waals surface area (Å²) in [5.74, 6) is -0.835. The summed E-state index contributed by atoms with van der Waals surface area (Å²) in [5.41, 5.74) is 11.6. The highest BCUT2D eigenvalue weighted by molar-refractivity contribution is 5.87. The van der Waals surface area contributed by atoms with Crippen LogP contribution in [0.1, 0.15) is 12.3 Å². The summed E-state index contributed by atoms with van der Waals surface area (Å²) in [6.45, 7) is 1.63. The maximum atomic E-state index is 11.4. The second-order valence-electron chi connectivity index (χ2n) is 6.26. The first kappa shape index (κ1) is 17.1. The minimum atomic E-state index is -0.509. The number of amides is 2. The number of hydrogen-bond acceptors (Lipinski definition) is 6. The number of likely N-dealkylation sites (tertiary alicyclic amines) is 1. The Morgan fingerprint density at radius 2 is 1.76 bits per heavy atom. The SMILES string of the molecule is NC(=O)C1CN(CCCc2nc(-c3ccccc3)no2)CC1C(N)=O. The van der Waals surface area contributed by atoms with Crippen molar-refractivity contribution >= 4 is 11.8 Å². The van der Waals surface area contributed by atoms with Gasteiger partial charge in [0.2, 0.25) is 23.5 Å². The van der Waals surface area contributed by atoms with Crippen LogP contribution in [0.3, 0.4) is 0 Å². The first-order valence-electron chi connectivity index (χ1n) is 8.23. The van der Waals surface area contributed by atoms with Crippen LogP contribution in [0, 0.1) is 11.8 Å². The third kappa shape index (κ3) is 4.03.